The standard InChI is InChI=1S/C30H54O2/c1-21(10-9-16-27(2,3)31-7)24-13-14-25-23-12-11-22-20-28(4,32-8)18-19-29(22,5)26(23)15-17-30(24,25)6/h21-26H,9-20H2,1-8H3/t21-,22+,23+,24-,25+,26+,28+,29+,30-/m1/s1. The molecule has 0 heterocycles. The first-order valence-corrected chi connectivity index (χ1v) is 14.1. The topological polar surface area (TPSA) is 18.5 Å². The van der Waals surface area contributed by atoms with Crippen molar-refractivity contribution in [3.05, 3.63) is 0 Å². The van der Waals surface area contributed by atoms with Crippen LogP contribution in [0.4, 0.5) is 0 Å². The minimum Gasteiger partial charge on any atom is -0.379 e. The van der Waals surface area contributed by atoms with E-state index in [4.69, 9.17) is 9.47 Å². The summed E-state index contributed by atoms with van der Waals surface area (Å²) in [7, 11) is 3.80. The zero-order valence-electron chi connectivity index (χ0n) is 22.8. The SMILES string of the molecule is COC(C)(C)CCC[C@@H](C)[C@H]1CC[C@H]2[C@@H]3CC[C@H]4C[C@@](C)(OC)CC[C@]4(C)[C@H]3CC[C@]12C. The largest absolute Gasteiger partial charge is 0.379 e. The Labute approximate surface area is 200 Å². The number of hydrogen-bond donors (Lipinski definition) is 0. The molecule has 4 aliphatic rings. The van der Waals surface area contributed by atoms with Gasteiger partial charge in [0.25, 0.3) is 0 Å². The molecule has 0 N–H and O–H groups in total. The summed E-state index contributed by atoms with van der Waals surface area (Å²) in [6, 6.07) is 0. The third-order valence-electron chi connectivity index (χ3n) is 12.2. The molecule has 0 spiro atoms. The lowest BCUT2D eigenvalue weighted by molar-refractivity contribution is -0.155. The normalized spacial score (nSPS) is 47.4. The molecule has 0 bridgehead atoms. The Morgan fingerprint density at radius 2 is 1.59 bits per heavy atom. The third kappa shape index (κ3) is 4.23. The van der Waals surface area contributed by atoms with E-state index in [2.05, 4.69) is 41.5 Å². The first-order valence-electron chi connectivity index (χ1n) is 14.1. The van der Waals surface area contributed by atoms with E-state index in [9.17, 15) is 0 Å². The van der Waals surface area contributed by atoms with Crippen LogP contribution in [0.15, 0.2) is 0 Å². The number of rotatable bonds is 7. The molecule has 0 aromatic heterocycles. The van der Waals surface area contributed by atoms with Gasteiger partial charge >= 0.3 is 0 Å². The van der Waals surface area contributed by atoms with Gasteiger partial charge in [0.2, 0.25) is 0 Å². The van der Waals surface area contributed by atoms with Crippen LogP contribution in [0.5, 0.6) is 0 Å². The number of methoxy groups -OCH3 is 2. The second kappa shape index (κ2) is 8.85. The van der Waals surface area contributed by atoms with Crippen molar-refractivity contribution in [2.24, 2.45) is 46.3 Å². The minimum absolute atomic E-state index is 0.0346. The first kappa shape index (κ1) is 25.0. The number of fused-ring (bicyclic) bond motifs is 5. The Hall–Kier alpha value is -0.0800. The second-order valence-corrected chi connectivity index (χ2v) is 14.1. The fourth-order valence-corrected chi connectivity index (χ4v) is 9.73. The van der Waals surface area contributed by atoms with Crippen LogP contribution in [0.1, 0.15) is 119 Å². The maximum absolute atomic E-state index is 5.99. The number of ether oxygens (including phenoxy) is 2. The Bertz CT molecular complexity index is 657. The van der Waals surface area contributed by atoms with Gasteiger partial charge < -0.3 is 9.47 Å². The summed E-state index contributed by atoms with van der Waals surface area (Å²) in [5, 5.41) is 0. The highest BCUT2D eigenvalue weighted by atomic mass is 16.5. The molecule has 4 rings (SSSR count). The molecule has 4 fully saturated rings. The van der Waals surface area contributed by atoms with E-state index in [1.165, 1.54) is 77.0 Å². The summed E-state index contributed by atoms with van der Waals surface area (Å²) < 4.78 is 11.7. The molecule has 2 nitrogen and oxygen atoms in total. The average Bonchev–Trinajstić information content (AvgIpc) is 3.11. The van der Waals surface area contributed by atoms with Crippen molar-refractivity contribution in [1.82, 2.24) is 0 Å². The zero-order chi connectivity index (χ0) is 23.4. The lowest BCUT2D eigenvalue weighted by Gasteiger charge is -2.62. The smallest absolute Gasteiger partial charge is 0.0653 e. The molecule has 9 atom stereocenters. The van der Waals surface area contributed by atoms with Gasteiger partial charge in [-0.15, -0.1) is 0 Å². The summed E-state index contributed by atoms with van der Waals surface area (Å²) in [5.74, 6) is 5.62. The predicted molar refractivity (Wildman–Crippen MR) is 135 cm³/mol. The molecular weight excluding hydrogens is 392 g/mol. The summed E-state index contributed by atoms with van der Waals surface area (Å²) in [5.41, 5.74) is 1.33. The second-order valence-electron chi connectivity index (χ2n) is 14.1. The molecule has 32 heavy (non-hydrogen) atoms. The Morgan fingerprint density at radius 1 is 0.875 bits per heavy atom. The molecule has 0 aromatic rings. The Kier molecular flexibility index (Phi) is 6.92. The van der Waals surface area contributed by atoms with Crippen molar-refractivity contribution in [3.63, 3.8) is 0 Å². The van der Waals surface area contributed by atoms with Crippen molar-refractivity contribution < 1.29 is 9.47 Å². The van der Waals surface area contributed by atoms with Gasteiger partial charge in [-0.05, 0) is 131 Å². The van der Waals surface area contributed by atoms with Crippen LogP contribution in [-0.4, -0.2) is 25.4 Å². The molecule has 0 radical (unpaired) electrons. The van der Waals surface area contributed by atoms with Crippen molar-refractivity contribution in [1.29, 1.82) is 0 Å². The van der Waals surface area contributed by atoms with Gasteiger partial charge in [-0.2, -0.15) is 0 Å². The summed E-state index contributed by atoms with van der Waals surface area (Å²) in [4.78, 5) is 0. The van der Waals surface area contributed by atoms with Gasteiger partial charge in [-0.1, -0.05) is 33.6 Å². The van der Waals surface area contributed by atoms with Crippen LogP contribution in [0.25, 0.3) is 0 Å². The van der Waals surface area contributed by atoms with Gasteiger partial charge in [0.15, 0.2) is 0 Å². The van der Waals surface area contributed by atoms with Crippen molar-refractivity contribution in [2.45, 2.75) is 130 Å². The minimum atomic E-state index is 0.0346. The molecule has 186 valence electrons. The van der Waals surface area contributed by atoms with E-state index in [0.717, 1.165) is 35.5 Å². The summed E-state index contributed by atoms with van der Waals surface area (Å²) >= 11 is 0. The van der Waals surface area contributed by atoms with Crippen molar-refractivity contribution in [3.8, 4) is 0 Å². The van der Waals surface area contributed by atoms with E-state index in [0.29, 0.717) is 10.8 Å². The summed E-state index contributed by atoms with van der Waals surface area (Å²) in [6.07, 6.45) is 16.7. The predicted octanol–water partition coefficient (Wildman–Crippen LogP) is 8.28. The zero-order valence-corrected chi connectivity index (χ0v) is 22.8. The molecule has 4 aliphatic carbocycles. The van der Waals surface area contributed by atoms with Gasteiger partial charge in [-0.25, -0.2) is 0 Å². The lowest BCUT2D eigenvalue weighted by Crippen LogP contribution is -2.55. The molecule has 0 unspecified atom stereocenters. The van der Waals surface area contributed by atoms with Crippen LogP contribution >= 0.6 is 0 Å². The van der Waals surface area contributed by atoms with Crippen LogP contribution < -0.4 is 0 Å². The Balaban J connectivity index is 1.43. The highest BCUT2D eigenvalue weighted by molar-refractivity contribution is 5.10. The molecule has 4 saturated carbocycles. The van der Waals surface area contributed by atoms with Crippen molar-refractivity contribution in [2.75, 3.05) is 14.2 Å². The maximum Gasteiger partial charge on any atom is 0.0653 e. The lowest BCUT2D eigenvalue weighted by atomic mass is 9.43. The van der Waals surface area contributed by atoms with Crippen LogP contribution in [0.2, 0.25) is 0 Å². The van der Waals surface area contributed by atoms with E-state index in [1.807, 2.05) is 14.2 Å². The first-order chi connectivity index (χ1) is 15.0. The fraction of sp³-hybridized carbons (Fsp3) is 1.00. The fourth-order valence-electron chi connectivity index (χ4n) is 9.73. The number of hydrogen-bond acceptors (Lipinski definition) is 2. The van der Waals surface area contributed by atoms with Crippen molar-refractivity contribution >= 4 is 0 Å². The van der Waals surface area contributed by atoms with E-state index >= 15 is 0 Å². The molecule has 2 heteroatoms. The summed E-state index contributed by atoms with van der Waals surface area (Å²) in [6.45, 7) is 14.8. The quantitative estimate of drug-likeness (QED) is 0.391. The van der Waals surface area contributed by atoms with E-state index in [-0.39, 0.29) is 11.2 Å². The highest BCUT2D eigenvalue weighted by Gasteiger charge is 2.61. The van der Waals surface area contributed by atoms with Crippen LogP contribution in [0.3, 0.4) is 0 Å². The molecule has 0 saturated heterocycles. The van der Waals surface area contributed by atoms with E-state index < -0.39 is 0 Å². The third-order valence-corrected chi connectivity index (χ3v) is 12.2. The molecular formula is C30H54O2. The van der Waals surface area contributed by atoms with Gasteiger partial charge in [0, 0.05) is 14.2 Å². The molecule has 0 aromatic carbocycles. The van der Waals surface area contributed by atoms with Gasteiger partial charge in [0.1, 0.15) is 0 Å². The monoisotopic (exact) mass is 446 g/mol. The van der Waals surface area contributed by atoms with Crippen LogP contribution in [-0.2, 0) is 9.47 Å². The highest BCUT2D eigenvalue weighted by Crippen LogP contribution is 2.69. The van der Waals surface area contributed by atoms with Gasteiger partial charge in [0.05, 0.1) is 11.2 Å². The maximum atomic E-state index is 5.99. The van der Waals surface area contributed by atoms with Crippen LogP contribution in [0, 0.1) is 46.3 Å². The van der Waals surface area contributed by atoms with Gasteiger partial charge in [-0.3, -0.25) is 0 Å². The average molecular weight is 447 g/mol. The van der Waals surface area contributed by atoms with E-state index in [1.54, 1.807) is 0 Å². The Morgan fingerprint density at radius 3 is 2.28 bits per heavy atom. The molecule has 0 aliphatic heterocycles. The molecule has 0 amide bonds.